The van der Waals surface area contributed by atoms with Gasteiger partial charge in [-0.05, 0) is 38.1 Å². The molecule has 0 aliphatic heterocycles. The van der Waals surface area contributed by atoms with Gasteiger partial charge in [-0.15, -0.1) is 0 Å². The van der Waals surface area contributed by atoms with E-state index in [1.165, 1.54) is 25.7 Å². The van der Waals surface area contributed by atoms with Crippen LogP contribution < -0.4 is 5.32 Å². The highest BCUT2D eigenvalue weighted by Crippen LogP contribution is 2.40. The first-order valence-corrected chi connectivity index (χ1v) is 6.66. The molecule has 0 heterocycles. The first-order valence-electron chi connectivity index (χ1n) is 6.66. The first-order chi connectivity index (χ1) is 7.61. The van der Waals surface area contributed by atoms with Crippen molar-refractivity contribution in [2.45, 2.75) is 63.3 Å². The third-order valence-corrected chi connectivity index (χ3v) is 4.51. The van der Waals surface area contributed by atoms with Crippen molar-refractivity contribution in [3.8, 4) is 0 Å². The van der Waals surface area contributed by atoms with E-state index in [2.05, 4.69) is 5.32 Å². The summed E-state index contributed by atoms with van der Waals surface area (Å²) in [6, 6.07) is 0.474. The maximum atomic E-state index is 13.1. The highest BCUT2D eigenvalue weighted by atomic mass is 19.3. The summed E-state index contributed by atoms with van der Waals surface area (Å²) in [6.07, 6.45) is 6.86. The highest BCUT2D eigenvalue weighted by molar-refractivity contribution is 4.86. The van der Waals surface area contributed by atoms with Gasteiger partial charge < -0.3 is 5.32 Å². The van der Waals surface area contributed by atoms with Crippen molar-refractivity contribution in [3.05, 3.63) is 0 Å². The van der Waals surface area contributed by atoms with Crippen molar-refractivity contribution in [2.75, 3.05) is 7.05 Å². The quantitative estimate of drug-likeness (QED) is 0.779. The molecular formula is C13H23F2N. The van der Waals surface area contributed by atoms with Crippen molar-refractivity contribution in [1.29, 1.82) is 0 Å². The first kappa shape index (κ1) is 12.3. The minimum Gasteiger partial charge on any atom is -0.317 e. The lowest BCUT2D eigenvalue weighted by molar-refractivity contribution is -0.0505. The zero-order valence-electron chi connectivity index (χ0n) is 10.1. The summed E-state index contributed by atoms with van der Waals surface area (Å²) in [4.78, 5) is 0. The van der Waals surface area contributed by atoms with Crippen molar-refractivity contribution in [3.63, 3.8) is 0 Å². The largest absolute Gasteiger partial charge is 0.317 e. The van der Waals surface area contributed by atoms with Crippen LogP contribution in [0.4, 0.5) is 8.78 Å². The van der Waals surface area contributed by atoms with Crippen LogP contribution in [-0.2, 0) is 0 Å². The lowest BCUT2D eigenvalue weighted by atomic mass is 9.74. The molecule has 0 radical (unpaired) electrons. The van der Waals surface area contributed by atoms with Gasteiger partial charge in [0.25, 0.3) is 0 Å². The van der Waals surface area contributed by atoms with Gasteiger partial charge in [0.2, 0.25) is 5.92 Å². The van der Waals surface area contributed by atoms with Gasteiger partial charge in [-0.2, -0.15) is 0 Å². The molecule has 0 spiro atoms. The molecule has 0 amide bonds. The molecule has 2 aliphatic carbocycles. The van der Waals surface area contributed by atoms with Crippen LogP contribution in [0.1, 0.15) is 51.4 Å². The van der Waals surface area contributed by atoms with Crippen LogP contribution in [0.15, 0.2) is 0 Å². The molecule has 0 aromatic carbocycles. The van der Waals surface area contributed by atoms with Crippen LogP contribution in [0.3, 0.4) is 0 Å². The predicted octanol–water partition coefficient (Wildman–Crippen LogP) is 3.59. The molecule has 3 heteroatoms. The minimum absolute atomic E-state index is 0.0977. The van der Waals surface area contributed by atoms with Gasteiger partial charge in [0, 0.05) is 18.9 Å². The molecule has 1 atom stereocenters. The second-order valence-corrected chi connectivity index (χ2v) is 5.62. The molecule has 2 rings (SSSR count). The molecule has 1 nitrogen and oxygen atoms in total. The summed E-state index contributed by atoms with van der Waals surface area (Å²) >= 11 is 0. The standard InChI is InChI=1S/C13H23F2N/c1-16-12(9-10-3-2-4-10)11-5-7-13(14,15)8-6-11/h10-12,16H,2-9H2,1H3. The zero-order valence-corrected chi connectivity index (χ0v) is 10.1. The van der Waals surface area contributed by atoms with E-state index in [0.717, 1.165) is 5.92 Å². The lowest BCUT2D eigenvalue weighted by Crippen LogP contribution is -2.40. The molecule has 1 unspecified atom stereocenters. The number of alkyl halides is 2. The fourth-order valence-electron chi connectivity index (χ4n) is 3.10. The van der Waals surface area contributed by atoms with Crippen molar-refractivity contribution >= 4 is 0 Å². The van der Waals surface area contributed by atoms with Gasteiger partial charge in [0.05, 0.1) is 0 Å². The summed E-state index contributed by atoms with van der Waals surface area (Å²) in [5.74, 6) is -1.05. The third kappa shape index (κ3) is 2.93. The Balaban J connectivity index is 1.80. The lowest BCUT2D eigenvalue weighted by Gasteiger charge is -2.37. The van der Waals surface area contributed by atoms with E-state index >= 15 is 0 Å². The molecule has 0 aromatic rings. The Kier molecular flexibility index (Phi) is 3.83. The summed E-state index contributed by atoms with van der Waals surface area (Å²) in [6.45, 7) is 0. The maximum Gasteiger partial charge on any atom is 0.248 e. The van der Waals surface area contributed by atoms with Crippen molar-refractivity contribution in [2.24, 2.45) is 11.8 Å². The Bertz CT molecular complexity index is 216. The van der Waals surface area contributed by atoms with E-state index < -0.39 is 5.92 Å². The topological polar surface area (TPSA) is 12.0 Å². The summed E-state index contributed by atoms with van der Waals surface area (Å²) in [5.41, 5.74) is 0. The number of hydrogen-bond donors (Lipinski definition) is 1. The van der Waals surface area contributed by atoms with E-state index in [0.29, 0.717) is 24.8 Å². The molecule has 0 aromatic heterocycles. The van der Waals surface area contributed by atoms with E-state index in [-0.39, 0.29) is 12.8 Å². The fraction of sp³-hybridized carbons (Fsp3) is 1.00. The van der Waals surface area contributed by atoms with Crippen LogP contribution in [-0.4, -0.2) is 19.0 Å². The molecule has 0 bridgehead atoms. The second-order valence-electron chi connectivity index (χ2n) is 5.62. The summed E-state index contributed by atoms with van der Waals surface area (Å²) < 4.78 is 26.1. The molecule has 2 fully saturated rings. The van der Waals surface area contributed by atoms with Gasteiger partial charge in [0.1, 0.15) is 0 Å². The SMILES string of the molecule is CNC(CC1CCC1)C1CCC(F)(F)CC1. The molecule has 2 aliphatic rings. The Labute approximate surface area is 97.0 Å². The van der Waals surface area contributed by atoms with Gasteiger partial charge in [-0.3, -0.25) is 0 Å². The summed E-state index contributed by atoms with van der Waals surface area (Å²) in [7, 11) is 1.98. The van der Waals surface area contributed by atoms with Crippen LogP contribution in [0.5, 0.6) is 0 Å². The number of hydrogen-bond acceptors (Lipinski definition) is 1. The minimum atomic E-state index is -2.38. The Morgan fingerprint density at radius 3 is 2.25 bits per heavy atom. The van der Waals surface area contributed by atoms with Crippen molar-refractivity contribution in [1.82, 2.24) is 5.32 Å². The molecule has 94 valence electrons. The zero-order chi connectivity index (χ0) is 11.6. The van der Waals surface area contributed by atoms with Gasteiger partial charge >= 0.3 is 0 Å². The van der Waals surface area contributed by atoms with E-state index in [9.17, 15) is 8.78 Å². The third-order valence-electron chi connectivity index (χ3n) is 4.51. The maximum absolute atomic E-state index is 13.1. The smallest absolute Gasteiger partial charge is 0.248 e. The Morgan fingerprint density at radius 2 is 1.81 bits per heavy atom. The average Bonchev–Trinajstić information content (AvgIpc) is 2.18. The van der Waals surface area contributed by atoms with Gasteiger partial charge in [-0.25, -0.2) is 8.78 Å². The number of halogens is 2. The van der Waals surface area contributed by atoms with Crippen LogP contribution in [0.25, 0.3) is 0 Å². The monoisotopic (exact) mass is 231 g/mol. The second kappa shape index (κ2) is 4.99. The van der Waals surface area contributed by atoms with E-state index in [4.69, 9.17) is 0 Å². The molecule has 1 N–H and O–H groups in total. The Morgan fingerprint density at radius 1 is 1.19 bits per heavy atom. The molecular weight excluding hydrogens is 208 g/mol. The van der Waals surface area contributed by atoms with Crippen molar-refractivity contribution < 1.29 is 8.78 Å². The van der Waals surface area contributed by atoms with Crippen LogP contribution >= 0.6 is 0 Å². The molecule has 16 heavy (non-hydrogen) atoms. The predicted molar refractivity (Wildman–Crippen MR) is 61.7 cm³/mol. The highest BCUT2D eigenvalue weighted by Gasteiger charge is 2.38. The van der Waals surface area contributed by atoms with E-state index in [1.54, 1.807) is 0 Å². The number of rotatable bonds is 4. The average molecular weight is 231 g/mol. The van der Waals surface area contributed by atoms with Gasteiger partial charge in [-0.1, -0.05) is 19.3 Å². The van der Waals surface area contributed by atoms with Gasteiger partial charge in [0.15, 0.2) is 0 Å². The van der Waals surface area contributed by atoms with Crippen LogP contribution in [0.2, 0.25) is 0 Å². The van der Waals surface area contributed by atoms with Crippen LogP contribution in [0, 0.1) is 11.8 Å². The molecule has 2 saturated carbocycles. The van der Waals surface area contributed by atoms with E-state index in [1.807, 2.05) is 7.05 Å². The Hall–Kier alpha value is -0.180. The number of nitrogens with one attached hydrogen (secondary N) is 1. The fourth-order valence-corrected chi connectivity index (χ4v) is 3.10. The normalized spacial score (nSPS) is 28.7. The summed E-state index contributed by atoms with van der Waals surface area (Å²) in [5, 5.41) is 3.35. The molecule has 0 saturated heterocycles.